The first-order chi connectivity index (χ1) is 13.0. The third-order valence-corrected chi connectivity index (χ3v) is 5.37. The number of rotatable bonds is 4. The van der Waals surface area contributed by atoms with Crippen LogP contribution in [0.15, 0.2) is 24.5 Å². The number of hydrogen-bond acceptors (Lipinski definition) is 6. The molecule has 1 saturated heterocycles. The molecule has 8 heteroatoms. The van der Waals surface area contributed by atoms with Crippen molar-refractivity contribution in [2.24, 2.45) is 5.73 Å². The van der Waals surface area contributed by atoms with Crippen LogP contribution in [0.25, 0.3) is 22.3 Å². The molecule has 3 heterocycles. The molecule has 140 valence electrons. The van der Waals surface area contributed by atoms with Crippen LogP contribution in [0.5, 0.6) is 5.75 Å². The fraction of sp³-hybridized carbons (Fsp3) is 0.421. The Kier molecular flexibility index (Phi) is 3.58. The van der Waals surface area contributed by atoms with Crippen molar-refractivity contribution in [3.8, 4) is 17.1 Å². The number of aromatic nitrogens is 4. The van der Waals surface area contributed by atoms with E-state index in [4.69, 9.17) is 10.5 Å². The molecule has 1 aliphatic carbocycles. The second-order valence-corrected chi connectivity index (χ2v) is 7.71. The maximum Gasteiger partial charge on any atom is 0.167 e. The number of fused-ring (bicyclic) bond motifs is 1. The normalized spacial score (nSPS) is 21.0. The Morgan fingerprint density at radius 2 is 2.15 bits per heavy atom. The van der Waals surface area contributed by atoms with Gasteiger partial charge in [-0.2, -0.15) is 5.10 Å². The SMILES string of the molecule is CC1(Oc2cc3c(-c4cc(N5CC[C@@H](N)C5)ncn4)n[nH]c3cc2F)CC1. The summed E-state index contributed by atoms with van der Waals surface area (Å²) in [6.07, 6.45) is 4.36. The standard InChI is InChI=1S/C19H21FN6O/c1-19(3-4-19)27-16-6-12-14(7-13(16)20)24-25-18(12)15-8-17(23-10-22-15)26-5-2-11(21)9-26/h6-8,10-11H,2-5,9,21H2,1H3,(H,24,25)/t11-/m1/s1. The van der Waals surface area contributed by atoms with E-state index in [9.17, 15) is 4.39 Å². The first-order valence-corrected chi connectivity index (χ1v) is 9.20. The smallest absolute Gasteiger partial charge is 0.167 e. The maximum atomic E-state index is 14.4. The molecule has 1 aliphatic heterocycles. The Morgan fingerprint density at radius 3 is 2.89 bits per heavy atom. The monoisotopic (exact) mass is 368 g/mol. The molecule has 7 nitrogen and oxygen atoms in total. The van der Waals surface area contributed by atoms with Crippen LogP contribution < -0.4 is 15.4 Å². The molecule has 27 heavy (non-hydrogen) atoms. The van der Waals surface area contributed by atoms with E-state index in [0.29, 0.717) is 16.9 Å². The first-order valence-electron chi connectivity index (χ1n) is 9.20. The number of nitrogens with one attached hydrogen (secondary N) is 1. The lowest BCUT2D eigenvalue weighted by Crippen LogP contribution is -2.26. The highest BCUT2D eigenvalue weighted by Gasteiger charge is 2.40. The molecular formula is C19H21FN6O. The number of H-pyrrole nitrogens is 1. The van der Waals surface area contributed by atoms with Crippen molar-refractivity contribution in [1.29, 1.82) is 0 Å². The number of nitrogens with two attached hydrogens (primary N) is 1. The van der Waals surface area contributed by atoms with Crippen LogP contribution in [0.3, 0.4) is 0 Å². The molecule has 2 aliphatic rings. The molecule has 0 spiro atoms. The van der Waals surface area contributed by atoms with Crippen LogP contribution >= 0.6 is 0 Å². The average molecular weight is 368 g/mol. The molecule has 5 rings (SSSR count). The van der Waals surface area contributed by atoms with E-state index in [1.54, 1.807) is 6.07 Å². The Labute approximate surface area is 155 Å². The van der Waals surface area contributed by atoms with Crippen LogP contribution in [-0.4, -0.2) is 44.9 Å². The lowest BCUT2D eigenvalue weighted by molar-refractivity contribution is 0.191. The lowest BCUT2D eigenvalue weighted by atomic mass is 10.1. The quantitative estimate of drug-likeness (QED) is 0.735. The van der Waals surface area contributed by atoms with Gasteiger partial charge in [0.2, 0.25) is 0 Å². The van der Waals surface area contributed by atoms with Gasteiger partial charge in [-0.15, -0.1) is 0 Å². The molecule has 0 bridgehead atoms. The van der Waals surface area contributed by atoms with Gasteiger partial charge in [-0.25, -0.2) is 14.4 Å². The van der Waals surface area contributed by atoms with Gasteiger partial charge in [0.05, 0.1) is 11.2 Å². The number of aromatic amines is 1. The van der Waals surface area contributed by atoms with E-state index in [-0.39, 0.29) is 23.2 Å². The summed E-state index contributed by atoms with van der Waals surface area (Å²) >= 11 is 0. The van der Waals surface area contributed by atoms with Gasteiger partial charge in [0.25, 0.3) is 0 Å². The molecule has 1 aromatic carbocycles. The highest BCUT2D eigenvalue weighted by molar-refractivity contribution is 5.93. The summed E-state index contributed by atoms with van der Waals surface area (Å²) in [7, 11) is 0. The number of ether oxygens (including phenoxy) is 1. The zero-order chi connectivity index (χ0) is 18.6. The molecule has 1 atom stereocenters. The van der Waals surface area contributed by atoms with Gasteiger partial charge in [0.15, 0.2) is 11.6 Å². The van der Waals surface area contributed by atoms with Crippen molar-refractivity contribution in [3.63, 3.8) is 0 Å². The largest absolute Gasteiger partial charge is 0.484 e. The maximum absolute atomic E-state index is 14.4. The zero-order valence-electron chi connectivity index (χ0n) is 15.1. The fourth-order valence-electron chi connectivity index (χ4n) is 3.48. The molecule has 2 fully saturated rings. The molecule has 0 radical (unpaired) electrons. The number of benzene rings is 1. The second-order valence-electron chi connectivity index (χ2n) is 7.71. The number of halogens is 1. The third-order valence-electron chi connectivity index (χ3n) is 5.37. The molecule has 0 unspecified atom stereocenters. The van der Waals surface area contributed by atoms with Gasteiger partial charge in [-0.05, 0) is 32.3 Å². The minimum Gasteiger partial charge on any atom is -0.484 e. The van der Waals surface area contributed by atoms with Gasteiger partial charge < -0.3 is 15.4 Å². The summed E-state index contributed by atoms with van der Waals surface area (Å²) in [4.78, 5) is 10.9. The predicted molar refractivity (Wildman–Crippen MR) is 100 cm³/mol. The lowest BCUT2D eigenvalue weighted by Gasteiger charge is -2.16. The van der Waals surface area contributed by atoms with Crippen molar-refractivity contribution in [2.45, 2.75) is 37.8 Å². The summed E-state index contributed by atoms with van der Waals surface area (Å²) in [6, 6.07) is 5.20. The Morgan fingerprint density at radius 1 is 1.30 bits per heavy atom. The Bertz CT molecular complexity index is 1010. The van der Waals surface area contributed by atoms with Crippen molar-refractivity contribution < 1.29 is 9.13 Å². The average Bonchev–Trinajstić information content (AvgIpc) is 3.04. The van der Waals surface area contributed by atoms with Crippen LogP contribution in [0.2, 0.25) is 0 Å². The van der Waals surface area contributed by atoms with Gasteiger partial charge in [-0.1, -0.05) is 0 Å². The van der Waals surface area contributed by atoms with Gasteiger partial charge in [0, 0.05) is 36.7 Å². The van der Waals surface area contributed by atoms with Gasteiger partial charge >= 0.3 is 0 Å². The highest BCUT2D eigenvalue weighted by Crippen LogP contribution is 2.41. The van der Waals surface area contributed by atoms with Crippen molar-refractivity contribution in [3.05, 3.63) is 30.3 Å². The van der Waals surface area contributed by atoms with Gasteiger partial charge in [0.1, 0.15) is 23.4 Å². The topological polar surface area (TPSA) is 93.0 Å². The highest BCUT2D eigenvalue weighted by atomic mass is 19.1. The fourth-order valence-corrected chi connectivity index (χ4v) is 3.48. The zero-order valence-corrected chi connectivity index (χ0v) is 15.1. The summed E-state index contributed by atoms with van der Waals surface area (Å²) in [6.45, 7) is 3.64. The van der Waals surface area contributed by atoms with E-state index < -0.39 is 0 Å². The Balaban J connectivity index is 1.54. The molecule has 0 amide bonds. The summed E-state index contributed by atoms with van der Waals surface area (Å²) in [5.74, 6) is 0.693. The van der Waals surface area contributed by atoms with Gasteiger partial charge in [-0.3, -0.25) is 5.10 Å². The van der Waals surface area contributed by atoms with Crippen LogP contribution in [0.4, 0.5) is 10.2 Å². The number of anilines is 1. The number of nitrogens with zero attached hydrogens (tertiary/aromatic N) is 4. The molecule has 1 saturated carbocycles. The third kappa shape index (κ3) is 2.99. The first kappa shape index (κ1) is 16.4. The van der Waals surface area contributed by atoms with E-state index >= 15 is 0 Å². The van der Waals surface area contributed by atoms with Crippen LogP contribution in [0.1, 0.15) is 26.2 Å². The minimum absolute atomic E-state index is 0.168. The molecule has 3 N–H and O–H groups in total. The number of hydrogen-bond donors (Lipinski definition) is 2. The molecule has 3 aromatic rings. The Hall–Kier alpha value is -2.74. The molecule has 2 aromatic heterocycles. The van der Waals surface area contributed by atoms with E-state index in [1.807, 2.05) is 13.0 Å². The van der Waals surface area contributed by atoms with Crippen molar-refractivity contribution in [1.82, 2.24) is 20.2 Å². The summed E-state index contributed by atoms with van der Waals surface area (Å²) in [5, 5.41) is 8.03. The van der Waals surface area contributed by atoms with E-state index in [1.165, 1.54) is 12.4 Å². The van der Waals surface area contributed by atoms with Crippen LogP contribution in [-0.2, 0) is 0 Å². The minimum atomic E-state index is -0.389. The predicted octanol–water partition coefficient (Wildman–Crippen LogP) is 2.63. The van der Waals surface area contributed by atoms with Crippen molar-refractivity contribution in [2.75, 3.05) is 18.0 Å². The molecular weight excluding hydrogens is 347 g/mol. The summed E-state index contributed by atoms with van der Waals surface area (Å²) < 4.78 is 20.2. The van der Waals surface area contributed by atoms with E-state index in [0.717, 1.165) is 43.6 Å². The van der Waals surface area contributed by atoms with E-state index in [2.05, 4.69) is 25.1 Å². The van der Waals surface area contributed by atoms with Crippen LogP contribution in [0, 0.1) is 5.82 Å². The van der Waals surface area contributed by atoms with Crippen molar-refractivity contribution >= 4 is 16.7 Å². The summed E-state index contributed by atoms with van der Waals surface area (Å²) in [5.41, 5.74) is 7.70. The second kappa shape index (κ2) is 5.88.